The van der Waals surface area contributed by atoms with Crippen molar-refractivity contribution < 1.29 is 32.1 Å². The van der Waals surface area contributed by atoms with E-state index < -0.39 is 45.9 Å². The number of likely N-dealkylation sites (tertiary alicyclic amines) is 1. The lowest BCUT2D eigenvalue weighted by Gasteiger charge is -2.37. The number of anilines is 2. The van der Waals surface area contributed by atoms with Gasteiger partial charge in [0.1, 0.15) is 23.7 Å². The normalized spacial score (nSPS) is 17.5. The molecule has 3 aromatic rings. The zero-order valence-electron chi connectivity index (χ0n) is 24.7. The van der Waals surface area contributed by atoms with Crippen LogP contribution in [0.15, 0.2) is 58.1 Å². The molecule has 0 aliphatic carbocycles. The number of carbonyl (C=O) groups excluding carboxylic acids is 2. The number of hydrogen-bond acceptors (Lipinski definition) is 10. The second kappa shape index (κ2) is 12.5. The van der Waals surface area contributed by atoms with Gasteiger partial charge in [0.15, 0.2) is 11.9 Å². The molecule has 2 atom stereocenters. The Morgan fingerprint density at radius 1 is 1.18 bits per heavy atom. The largest absolute Gasteiger partial charge is 0.483 e. The van der Waals surface area contributed by atoms with E-state index in [4.69, 9.17) is 9.47 Å². The third-order valence-corrected chi connectivity index (χ3v) is 8.01. The van der Waals surface area contributed by atoms with Gasteiger partial charge in [-0.3, -0.25) is 4.79 Å². The average Bonchev–Trinajstić information content (AvgIpc) is 2.93. The predicted octanol–water partition coefficient (Wildman–Crippen LogP) is 5.18. The topological polar surface area (TPSA) is 160 Å². The van der Waals surface area contributed by atoms with Gasteiger partial charge in [-0.1, -0.05) is 0 Å². The van der Waals surface area contributed by atoms with Crippen molar-refractivity contribution in [1.82, 2.24) is 19.9 Å². The monoisotopic (exact) mass is 627 g/mol. The van der Waals surface area contributed by atoms with Crippen LogP contribution in [-0.4, -0.2) is 73.0 Å². The maximum Gasteiger partial charge on any atom is 0.442 e. The van der Waals surface area contributed by atoms with Crippen LogP contribution >= 0.6 is 0 Å². The van der Waals surface area contributed by atoms with Crippen LogP contribution in [0, 0.1) is 11.3 Å². The third kappa shape index (κ3) is 8.01. The minimum atomic E-state index is -3.29. The second-order valence-corrected chi connectivity index (χ2v) is 13.3. The summed E-state index contributed by atoms with van der Waals surface area (Å²) in [4.78, 5) is 37.6. The highest BCUT2D eigenvalue weighted by atomic mass is 32.2. The van der Waals surface area contributed by atoms with Crippen molar-refractivity contribution >= 4 is 33.4 Å². The maximum atomic E-state index is 14.7. The minimum Gasteiger partial charge on any atom is -0.483 e. The molecule has 1 unspecified atom stereocenters. The minimum absolute atomic E-state index is 0.0118. The van der Waals surface area contributed by atoms with Gasteiger partial charge in [0, 0.05) is 42.3 Å². The van der Waals surface area contributed by atoms with Gasteiger partial charge in [0.25, 0.3) is 0 Å². The maximum absolute atomic E-state index is 14.7. The summed E-state index contributed by atoms with van der Waals surface area (Å²) in [6, 6.07) is 12.7. The highest BCUT2D eigenvalue weighted by molar-refractivity contribution is 7.93. The van der Waals surface area contributed by atoms with Gasteiger partial charge in [0.05, 0.1) is 21.8 Å². The molecule has 1 aliphatic rings. The number of aromatic nitrogens is 3. The molecule has 15 heteroatoms. The summed E-state index contributed by atoms with van der Waals surface area (Å²) in [6.07, 6.45) is 0.0968. The fraction of sp³-hybridized carbons (Fsp3) is 0.379. The van der Waals surface area contributed by atoms with Gasteiger partial charge in [0.2, 0.25) is 11.9 Å². The standard InChI is InChI=1S/C29H31F2N7O5S/c1-18(39)38-13-12-24(29(30,31)16-38)42-23-11-6-19(14-20(23)15-32)25-33-17-34-26(36-25)35-21-7-9-22(10-8-21)44(5,41)37-27(40)43-28(2,3)4/h6-11,14,17,24H,12-13,16H2,1-5H3,(H,33,34,35,36)/t24-,44?/m0/s1. The number of amides is 2. The number of ether oxygens (including phenoxy) is 2. The number of nitrogens with zero attached hydrogens (tertiary/aromatic N) is 6. The number of nitriles is 1. The number of carbonyl (C=O) groups is 2. The smallest absolute Gasteiger partial charge is 0.442 e. The van der Waals surface area contributed by atoms with Crippen molar-refractivity contribution in [3.63, 3.8) is 0 Å². The van der Waals surface area contributed by atoms with E-state index in [9.17, 15) is 27.8 Å². The Balaban J connectivity index is 1.48. The Kier molecular flexibility index (Phi) is 9.14. The summed E-state index contributed by atoms with van der Waals surface area (Å²) in [5.41, 5.74) is 0.198. The zero-order valence-corrected chi connectivity index (χ0v) is 25.5. The lowest BCUT2D eigenvalue weighted by atomic mass is 10.0. The van der Waals surface area contributed by atoms with E-state index in [1.807, 2.05) is 6.07 Å². The van der Waals surface area contributed by atoms with E-state index in [2.05, 4.69) is 24.6 Å². The van der Waals surface area contributed by atoms with Crippen molar-refractivity contribution in [2.75, 3.05) is 24.7 Å². The number of rotatable bonds is 6. The lowest BCUT2D eigenvalue weighted by Crippen LogP contribution is -2.54. The summed E-state index contributed by atoms with van der Waals surface area (Å²) in [6.45, 7) is 5.66. The number of alkyl halides is 2. The van der Waals surface area contributed by atoms with Crippen LogP contribution in [0.2, 0.25) is 0 Å². The molecule has 232 valence electrons. The molecule has 1 aliphatic heterocycles. The highest BCUT2D eigenvalue weighted by Gasteiger charge is 2.47. The van der Waals surface area contributed by atoms with Crippen molar-refractivity contribution in [3.8, 4) is 23.2 Å². The molecule has 1 N–H and O–H groups in total. The summed E-state index contributed by atoms with van der Waals surface area (Å²) in [7, 11) is -3.06. The highest BCUT2D eigenvalue weighted by Crippen LogP contribution is 2.33. The van der Waals surface area contributed by atoms with Crippen LogP contribution in [0.25, 0.3) is 11.4 Å². The molecular weight excluding hydrogens is 596 g/mol. The number of benzene rings is 2. The van der Waals surface area contributed by atoms with E-state index >= 15 is 0 Å². The summed E-state index contributed by atoms with van der Waals surface area (Å²) >= 11 is 0. The average molecular weight is 628 g/mol. The van der Waals surface area contributed by atoms with Crippen molar-refractivity contribution in [3.05, 3.63) is 54.4 Å². The first-order valence-corrected chi connectivity index (χ1v) is 15.3. The molecule has 12 nitrogen and oxygen atoms in total. The van der Waals surface area contributed by atoms with Gasteiger partial charge in [-0.25, -0.2) is 27.8 Å². The second-order valence-electron chi connectivity index (χ2n) is 11.1. The van der Waals surface area contributed by atoms with Gasteiger partial charge >= 0.3 is 12.0 Å². The van der Waals surface area contributed by atoms with E-state index in [0.29, 0.717) is 16.1 Å². The molecule has 1 fully saturated rings. The summed E-state index contributed by atoms with van der Waals surface area (Å²) < 4.78 is 56.8. The molecule has 1 aromatic heterocycles. The van der Waals surface area contributed by atoms with Gasteiger partial charge in [-0.05, 0) is 63.2 Å². The molecule has 0 radical (unpaired) electrons. The third-order valence-electron chi connectivity index (χ3n) is 6.37. The summed E-state index contributed by atoms with van der Waals surface area (Å²) in [5, 5.41) is 12.7. The molecule has 0 spiro atoms. The Hall–Kier alpha value is -4.71. The van der Waals surface area contributed by atoms with Gasteiger partial charge in [-0.15, -0.1) is 4.36 Å². The zero-order chi connectivity index (χ0) is 32.3. The van der Waals surface area contributed by atoms with E-state index in [-0.39, 0.29) is 36.1 Å². The number of piperidine rings is 1. The fourth-order valence-corrected chi connectivity index (χ4v) is 5.31. The molecule has 2 amide bonds. The van der Waals surface area contributed by atoms with E-state index in [0.717, 1.165) is 4.90 Å². The SMILES string of the molecule is CC(=O)N1CC[C@H](Oc2ccc(-c3ncnc(Nc4ccc(S(C)(=O)=NC(=O)OC(C)(C)C)cc4)n3)cc2C#N)C(F)(F)C1. The summed E-state index contributed by atoms with van der Waals surface area (Å²) in [5.74, 6) is -3.38. The van der Waals surface area contributed by atoms with Crippen LogP contribution in [0.1, 0.15) is 39.7 Å². The lowest BCUT2D eigenvalue weighted by molar-refractivity contribution is -0.158. The van der Waals surface area contributed by atoms with E-state index in [1.165, 1.54) is 31.6 Å². The molecular formula is C29H31F2N7O5S. The predicted molar refractivity (Wildman–Crippen MR) is 157 cm³/mol. The Labute approximate surface area is 253 Å². The Bertz CT molecular complexity index is 1730. The fourth-order valence-electron chi connectivity index (χ4n) is 4.24. The van der Waals surface area contributed by atoms with Crippen LogP contribution in [0.3, 0.4) is 0 Å². The quantitative estimate of drug-likeness (QED) is 0.386. The molecule has 44 heavy (non-hydrogen) atoms. The molecule has 0 bridgehead atoms. The van der Waals surface area contributed by atoms with Gasteiger partial charge < -0.3 is 19.7 Å². The van der Waals surface area contributed by atoms with Crippen LogP contribution < -0.4 is 10.1 Å². The molecule has 2 heterocycles. The number of halogens is 2. The van der Waals surface area contributed by atoms with E-state index in [1.54, 1.807) is 51.1 Å². The number of nitrogens with one attached hydrogen (secondary N) is 1. The van der Waals surface area contributed by atoms with Crippen molar-refractivity contribution in [2.24, 2.45) is 4.36 Å². The molecule has 1 saturated heterocycles. The van der Waals surface area contributed by atoms with Crippen molar-refractivity contribution in [1.29, 1.82) is 5.26 Å². The van der Waals surface area contributed by atoms with Crippen LogP contribution in [-0.2, 0) is 19.3 Å². The first kappa shape index (κ1) is 32.2. The van der Waals surface area contributed by atoms with Crippen LogP contribution in [0.5, 0.6) is 5.75 Å². The van der Waals surface area contributed by atoms with Gasteiger partial charge in [-0.2, -0.15) is 10.2 Å². The molecule has 4 rings (SSSR count). The number of hydrogen-bond donors (Lipinski definition) is 1. The Morgan fingerprint density at radius 2 is 1.89 bits per heavy atom. The first-order valence-electron chi connectivity index (χ1n) is 13.4. The molecule has 0 saturated carbocycles. The van der Waals surface area contributed by atoms with Crippen molar-refractivity contribution in [2.45, 2.75) is 56.6 Å². The van der Waals surface area contributed by atoms with Crippen LogP contribution in [0.4, 0.5) is 25.2 Å². The molecule has 2 aromatic carbocycles. The Morgan fingerprint density at radius 3 is 2.50 bits per heavy atom. The first-order chi connectivity index (χ1) is 20.6.